The second-order valence-electron chi connectivity index (χ2n) is 2.37. The van der Waals surface area contributed by atoms with Crippen LogP contribution in [0.3, 0.4) is 0 Å². The van der Waals surface area contributed by atoms with Crippen molar-refractivity contribution in [2.75, 3.05) is 0 Å². The van der Waals surface area contributed by atoms with Crippen LogP contribution in [0.25, 0.3) is 0 Å². The van der Waals surface area contributed by atoms with E-state index in [1.807, 2.05) is 0 Å². The number of dihydropyridines is 1. The molecule has 42 valence electrons. The molecule has 2 aliphatic heterocycles. The molecule has 1 heteroatoms. The number of hydrogen-bond acceptors (Lipinski definition) is 1. The second kappa shape index (κ2) is 1.38. The lowest BCUT2D eigenvalue weighted by atomic mass is 10.2. The van der Waals surface area contributed by atoms with Crippen LogP contribution in [0.1, 0.15) is 12.8 Å². The minimum atomic E-state index is 0.662. The van der Waals surface area contributed by atoms with Crippen LogP contribution in [0.4, 0.5) is 0 Å². The Morgan fingerprint density at radius 2 is 2.62 bits per heavy atom. The van der Waals surface area contributed by atoms with Gasteiger partial charge in [-0.15, -0.1) is 0 Å². The lowest BCUT2D eigenvalue weighted by Gasteiger charge is -2.07. The van der Waals surface area contributed by atoms with Crippen molar-refractivity contribution in [3.8, 4) is 0 Å². The van der Waals surface area contributed by atoms with E-state index in [4.69, 9.17) is 0 Å². The first kappa shape index (κ1) is 4.19. The van der Waals surface area contributed by atoms with Gasteiger partial charge < -0.3 is 5.32 Å². The fraction of sp³-hybridized carbons (Fsp3) is 0.429. The van der Waals surface area contributed by atoms with Crippen molar-refractivity contribution in [3.63, 3.8) is 0 Å². The summed E-state index contributed by atoms with van der Waals surface area (Å²) in [7, 11) is 0. The van der Waals surface area contributed by atoms with Gasteiger partial charge in [-0.25, -0.2) is 0 Å². The van der Waals surface area contributed by atoms with Gasteiger partial charge in [0.25, 0.3) is 0 Å². The Labute approximate surface area is 49.1 Å². The molecular weight excluding hydrogens is 98.1 g/mol. The monoisotopic (exact) mass is 107 g/mol. The van der Waals surface area contributed by atoms with Gasteiger partial charge in [-0.3, -0.25) is 0 Å². The fourth-order valence-corrected chi connectivity index (χ4v) is 1.28. The van der Waals surface area contributed by atoms with E-state index in [1.54, 1.807) is 0 Å². The third kappa shape index (κ3) is 0.474. The van der Waals surface area contributed by atoms with E-state index in [9.17, 15) is 0 Å². The summed E-state index contributed by atoms with van der Waals surface area (Å²) < 4.78 is 0. The second-order valence-corrected chi connectivity index (χ2v) is 2.37. The van der Waals surface area contributed by atoms with Crippen LogP contribution in [0, 0.1) is 0 Å². The first-order valence-electron chi connectivity index (χ1n) is 3.09. The summed E-state index contributed by atoms with van der Waals surface area (Å²) in [6.45, 7) is 0. The van der Waals surface area contributed by atoms with Crippen LogP contribution in [0.15, 0.2) is 23.9 Å². The first-order chi connectivity index (χ1) is 3.95. The molecule has 2 bridgehead atoms. The first-order valence-corrected chi connectivity index (χ1v) is 3.09. The smallest absolute Gasteiger partial charge is 0.0448 e. The van der Waals surface area contributed by atoms with E-state index >= 15 is 0 Å². The van der Waals surface area contributed by atoms with Gasteiger partial charge in [-0.2, -0.15) is 0 Å². The molecule has 0 amide bonds. The van der Waals surface area contributed by atoms with Crippen LogP contribution in [-0.4, -0.2) is 6.04 Å². The Morgan fingerprint density at radius 3 is 3.38 bits per heavy atom. The Morgan fingerprint density at radius 1 is 1.62 bits per heavy atom. The molecule has 1 unspecified atom stereocenters. The molecule has 0 aromatic rings. The van der Waals surface area contributed by atoms with Crippen molar-refractivity contribution in [1.82, 2.24) is 5.32 Å². The predicted octanol–water partition coefficient (Wildman–Crippen LogP) is 1.19. The standard InChI is InChI=1S/C7H9N/c1-2-6-4-5-7(3-1)8-6/h1-3,6,8H,4-5H2. The zero-order valence-corrected chi connectivity index (χ0v) is 4.72. The van der Waals surface area contributed by atoms with Gasteiger partial charge >= 0.3 is 0 Å². The predicted molar refractivity (Wildman–Crippen MR) is 33.4 cm³/mol. The number of rotatable bonds is 0. The molecule has 0 saturated carbocycles. The Kier molecular flexibility index (Phi) is 0.720. The van der Waals surface area contributed by atoms with E-state index < -0.39 is 0 Å². The highest BCUT2D eigenvalue weighted by Crippen LogP contribution is 2.19. The molecule has 8 heavy (non-hydrogen) atoms. The zero-order chi connectivity index (χ0) is 5.40. The zero-order valence-electron chi connectivity index (χ0n) is 4.72. The molecule has 0 spiro atoms. The average Bonchev–Trinajstić information content (AvgIpc) is 2.12. The molecule has 1 fully saturated rings. The summed E-state index contributed by atoms with van der Waals surface area (Å²) in [5.74, 6) is 0. The van der Waals surface area contributed by atoms with Crippen molar-refractivity contribution in [3.05, 3.63) is 23.9 Å². The number of fused-ring (bicyclic) bond motifs is 2. The highest BCUT2D eigenvalue weighted by Gasteiger charge is 2.16. The largest absolute Gasteiger partial charge is 0.382 e. The van der Waals surface area contributed by atoms with E-state index in [1.165, 1.54) is 18.5 Å². The van der Waals surface area contributed by atoms with Crippen LogP contribution < -0.4 is 5.32 Å². The lowest BCUT2D eigenvalue weighted by Crippen LogP contribution is -2.18. The third-order valence-corrected chi connectivity index (χ3v) is 1.74. The molecule has 2 rings (SSSR count). The maximum atomic E-state index is 3.36. The molecule has 1 atom stereocenters. The molecule has 0 aromatic carbocycles. The maximum absolute atomic E-state index is 3.36. The summed E-state index contributed by atoms with van der Waals surface area (Å²) in [6, 6.07) is 0.662. The maximum Gasteiger partial charge on any atom is 0.0448 e. The van der Waals surface area contributed by atoms with Crippen LogP contribution in [0.5, 0.6) is 0 Å². The number of allylic oxidation sites excluding steroid dienone is 3. The average molecular weight is 107 g/mol. The Bertz CT molecular complexity index is 156. The molecule has 1 saturated heterocycles. The summed E-state index contributed by atoms with van der Waals surface area (Å²) in [6.07, 6.45) is 9.06. The molecule has 1 N–H and O–H groups in total. The topological polar surface area (TPSA) is 12.0 Å². The van der Waals surface area contributed by atoms with Crippen LogP contribution >= 0.6 is 0 Å². The van der Waals surface area contributed by atoms with E-state index in [2.05, 4.69) is 23.5 Å². The van der Waals surface area contributed by atoms with Crippen molar-refractivity contribution >= 4 is 0 Å². The van der Waals surface area contributed by atoms with Gasteiger partial charge in [-0.1, -0.05) is 12.2 Å². The minimum absolute atomic E-state index is 0.662. The van der Waals surface area contributed by atoms with Crippen molar-refractivity contribution < 1.29 is 0 Å². The SMILES string of the molecule is C1=CC2CCC(=C1)N2. The Hall–Kier alpha value is -0.720. The Balaban J connectivity index is 2.34. The van der Waals surface area contributed by atoms with Gasteiger partial charge in [0.1, 0.15) is 0 Å². The lowest BCUT2D eigenvalue weighted by molar-refractivity contribution is 0.743. The van der Waals surface area contributed by atoms with E-state index in [0.29, 0.717) is 6.04 Å². The van der Waals surface area contributed by atoms with Crippen molar-refractivity contribution in [2.45, 2.75) is 18.9 Å². The summed E-state index contributed by atoms with van der Waals surface area (Å²) in [5, 5.41) is 3.36. The van der Waals surface area contributed by atoms with E-state index in [0.717, 1.165) is 0 Å². The van der Waals surface area contributed by atoms with Crippen molar-refractivity contribution in [2.24, 2.45) is 0 Å². The summed E-state index contributed by atoms with van der Waals surface area (Å²) >= 11 is 0. The molecular formula is C7H9N. The van der Waals surface area contributed by atoms with Crippen molar-refractivity contribution in [1.29, 1.82) is 0 Å². The van der Waals surface area contributed by atoms with Crippen LogP contribution in [0.2, 0.25) is 0 Å². The van der Waals surface area contributed by atoms with Gasteiger partial charge in [-0.05, 0) is 18.9 Å². The van der Waals surface area contributed by atoms with Gasteiger partial charge in [0, 0.05) is 11.7 Å². The number of hydrogen-bond donors (Lipinski definition) is 1. The molecule has 0 aromatic heterocycles. The van der Waals surface area contributed by atoms with E-state index in [-0.39, 0.29) is 0 Å². The number of nitrogens with one attached hydrogen (secondary N) is 1. The third-order valence-electron chi connectivity index (χ3n) is 1.74. The molecule has 1 nitrogen and oxygen atoms in total. The highest BCUT2D eigenvalue weighted by molar-refractivity contribution is 5.24. The molecule has 0 aliphatic carbocycles. The molecule has 2 heterocycles. The molecule has 0 radical (unpaired) electrons. The quantitative estimate of drug-likeness (QED) is 0.490. The van der Waals surface area contributed by atoms with Crippen LogP contribution in [-0.2, 0) is 0 Å². The van der Waals surface area contributed by atoms with Gasteiger partial charge in [0.2, 0.25) is 0 Å². The summed E-state index contributed by atoms with van der Waals surface area (Å²) in [5.41, 5.74) is 1.41. The minimum Gasteiger partial charge on any atom is -0.382 e. The van der Waals surface area contributed by atoms with Gasteiger partial charge in [0.15, 0.2) is 0 Å². The normalized spacial score (nSPS) is 32.0. The van der Waals surface area contributed by atoms with Gasteiger partial charge in [0.05, 0.1) is 0 Å². The molecule has 2 aliphatic rings. The highest BCUT2D eigenvalue weighted by atomic mass is 15.0. The summed E-state index contributed by atoms with van der Waals surface area (Å²) in [4.78, 5) is 0. The fourth-order valence-electron chi connectivity index (χ4n) is 1.28.